The zero-order valence-electron chi connectivity index (χ0n) is 15.0. The second-order valence-corrected chi connectivity index (χ2v) is 7.17. The van der Waals surface area contributed by atoms with Gasteiger partial charge in [-0.1, -0.05) is 12.1 Å². The second kappa shape index (κ2) is 7.39. The molecule has 1 atom stereocenters. The van der Waals surface area contributed by atoms with E-state index in [-0.39, 0.29) is 23.8 Å². The number of urea groups is 1. The van der Waals surface area contributed by atoms with Crippen LogP contribution in [-0.4, -0.2) is 29.4 Å². The molecule has 5 nitrogen and oxygen atoms in total. The number of anilines is 2. The molecule has 27 heavy (non-hydrogen) atoms. The molecule has 1 saturated heterocycles. The number of fused-ring (bicyclic) bond motifs is 1. The summed E-state index contributed by atoms with van der Waals surface area (Å²) in [4.78, 5) is 26.1. The first kappa shape index (κ1) is 17.5. The third-order valence-corrected chi connectivity index (χ3v) is 5.25. The van der Waals surface area contributed by atoms with Crippen molar-refractivity contribution in [3.8, 4) is 0 Å². The predicted octanol–water partition coefficient (Wildman–Crippen LogP) is 3.95. The predicted molar refractivity (Wildman–Crippen MR) is 102 cm³/mol. The number of amides is 3. The third kappa shape index (κ3) is 3.94. The van der Waals surface area contributed by atoms with Crippen molar-refractivity contribution >= 4 is 23.3 Å². The molecule has 0 bridgehead atoms. The van der Waals surface area contributed by atoms with E-state index in [1.807, 2.05) is 23.1 Å². The summed E-state index contributed by atoms with van der Waals surface area (Å²) in [7, 11) is 0. The van der Waals surface area contributed by atoms with E-state index < -0.39 is 0 Å². The number of nitrogens with one attached hydrogen (secondary N) is 2. The molecule has 2 aliphatic heterocycles. The Morgan fingerprint density at radius 1 is 1.22 bits per heavy atom. The van der Waals surface area contributed by atoms with Crippen LogP contribution in [0.1, 0.15) is 30.4 Å². The van der Waals surface area contributed by atoms with Gasteiger partial charge in [-0.05, 0) is 67.1 Å². The fourth-order valence-corrected chi connectivity index (χ4v) is 3.91. The highest BCUT2D eigenvalue weighted by atomic mass is 19.1. The minimum absolute atomic E-state index is 0.0246. The summed E-state index contributed by atoms with van der Waals surface area (Å²) >= 11 is 0. The van der Waals surface area contributed by atoms with Gasteiger partial charge in [0.2, 0.25) is 5.91 Å². The first-order chi connectivity index (χ1) is 13.1. The summed E-state index contributed by atoms with van der Waals surface area (Å²) in [6.45, 7) is 0.701. The number of nitrogens with zero attached hydrogens (tertiary/aromatic N) is 1. The van der Waals surface area contributed by atoms with Crippen LogP contribution in [0.4, 0.5) is 20.6 Å². The highest BCUT2D eigenvalue weighted by Crippen LogP contribution is 2.27. The third-order valence-electron chi connectivity index (χ3n) is 5.25. The molecule has 2 N–H and O–H groups in total. The van der Waals surface area contributed by atoms with Crippen molar-refractivity contribution in [1.82, 2.24) is 4.90 Å². The summed E-state index contributed by atoms with van der Waals surface area (Å²) in [5, 5.41) is 5.81. The molecule has 0 aromatic heterocycles. The van der Waals surface area contributed by atoms with Gasteiger partial charge >= 0.3 is 6.03 Å². The Balaban J connectivity index is 1.43. The lowest BCUT2D eigenvalue weighted by Gasteiger charge is -2.25. The van der Waals surface area contributed by atoms with Crippen LogP contribution in [0.5, 0.6) is 0 Å². The molecule has 0 radical (unpaired) electrons. The summed E-state index contributed by atoms with van der Waals surface area (Å²) < 4.78 is 13.4. The van der Waals surface area contributed by atoms with Gasteiger partial charge in [0.15, 0.2) is 0 Å². The fourth-order valence-electron chi connectivity index (χ4n) is 3.91. The number of carbonyl (C=O) groups excluding carboxylic acids is 2. The first-order valence-corrected chi connectivity index (χ1v) is 9.33. The average Bonchev–Trinajstić information content (AvgIpc) is 3.10. The Morgan fingerprint density at radius 3 is 2.96 bits per heavy atom. The number of carbonyl (C=O) groups is 2. The second-order valence-electron chi connectivity index (χ2n) is 7.17. The van der Waals surface area contributed by atoms with Crippen LogP contribution in [0, 0.1) is 5.82 Å². The SMILES string of the molecule is O=C1CCc2cc(NC(=O)N3CCC[C@H]3Cc3cccc(F)c3)ccc2N1. The Kier molecular flexibility index (Phi) is 4.79. The van der Waals surface area contributed by atoms with E-state index in [1.54, 1.807) is 12.1 Å². The zero-order chi connectivity index (χ0) is 18.8. The van der Waals surface area contributed by atoms with E-state index in [9.17, 15) is 14.0 Å². The van der Waals surface area contributed by atoms with E-state index >= 15 is 0 Å². The molecule has 4 rings (SSSR count). The highest BCUT2D eigenvalue weighted by Gasteiger charge is 2.29. The molecule has 2 aromatic rings. The van der Waals surface area contributed by atoms with E-state index in [2.05, 4.69) is 10.6 Å². The molecule has 0 saturated carbocycles. The molecule has 0 unspecified atom stereocenters. The van der Waals surface area contributed by atoms with Crippen molar-refractivity contribution in [2.45, 2.75) is 38.1 Å². The lowest BCUT2D eigenvalue weighted by molar-refractivity contribution is -0.116. The van der Waals surface area contributed by atoms with E-state index in [0.29, 0.717) is 25.8 Å². The highest BCUT2D eigenvalue weighted by molar-refractivity contribution is 5.95. The number of hydrogen-bond acceptors (Lipinski definition) is 2. The van der Waals surface area contributed by atoms with Crippen LogP contribution in [0.3, 0.4) is 0 Å². The molecule has 0 aliphatic carbocycles. The maximum atomic E-state index is 13.4. The van der Waals surface area contributed by atoms with Crippen molar-refractivity contribution < 1.29 is 14.0 Å². The van der Waals surface area contributed by atoms with Gasteiger partial charge in [0, 0.05) is 30.4 Å². The normalized spacial score (nSPS) is 18.8. The molecule has 2 aromatic carbocycles. The summed E-state index contributed by atoms with van der Waals surface area (Å²) in [5.74, 6) is -0.223. The molecule has 2 aliphatic rings. The van der Waals surface area contributed by atoms with Crippen molar-refractivity contribution in [3.05, 3.63) is 59.4 Å². The van der Waals surface area contributed by atoms with Crippen LogP contribution in [0.25, 0.3) is 0 Å². The van der Waals surface area contributed by atoms with Gasteiger partial charge < -0.3 is 15.5 Å². The van der Waals surface area contributed by atoms with Gasteiger partial charge in [0.25, 0.3) is 0 Å². The Hall–Kier alpha value is -2.89. The number of likely N-dealkylation sites (tertiary alicyclic amines) is 1. The van der Waals surface area contributed by atoms with E-state index in [4.69, 9.17) is 0 Å². The van der Waals surface area contributed by atoms with E-state index in [0.717, 1.165) is 35.3 Å². The molecular formula is C21H22FN3O2. The fraction of sp³-hybridized carbons (Fsp3) is 0.333. The molecule has 140 valence electrons. The number of aryl methyl sites for hydroxylation is 1. The van der Waals surface area contributed by atoms with Crippen LogP contribution < -0.4 is 10.6 Å². The molecular weight excluding hydrogens is 345 g/mol. The van der Waals surface area contributed by atoms with Gasteiger partial charge in [0.1, 0.15) is 5.82 Å². The minimum Gasteiger partial charge on any atom is -0.326 e. The van der Waals surface area contributed by atoms with Gasteiger partial charge in [-0.15, -0.1) is 0 Å². The molecule has 6 heteroatoms. The van der Waals surface area contributed by atoms with Crippen LogP contribution in [0.2, 0.25) is 0 Å². The van der Waals surface area contributed by atoms with Gasteiger partial charge in [-0.25, -0.2) is 9.18 Å². The minimum atomic E-state index is -0.248. The first-order valence-electron chi connectivity index (χ1n) is 9.33. The number of halogens is 1. The van der Waals surface area contributed by atoms with Crippen LogP contribution in [0.15, 0.2) is 42.5 Å². The summed E-state index contributed by atoms with van der Waals surface area (Å²) in [6.07, 6.45) is 3.66. The molecule has 1 fully saturated rings. The zero-order valence-corrected chi connectivity index (χ0v) is 15.0. The average molecular weight is 367 g/mol. The monoisotopic (exact) mass is 367 g/mol. The summed E-state index contributed by atoms with van der Waals surface area (Å²) in [5.41, 5.74) is 3.48. The Morgan fingerprint density at radius 2 is 2.11 bits per heavy atom. The van der Waals surface area contributed by atoms with Crippen molar-refractivity contribution in [2.75, 3.05) is 17.2 Å². The van der Waals surface area contributed by atoms with Crippen molar-refractivity contribution in [2.24, 2.45) is 0 Å². The topological polar surface area (TPSA) is 61.4 Å². The van der Waals surface area contributed by atoms with Gasteiger partial charge in [-0.3, -0.25) is 4.79 Å². The van der Waals surface area contributed by atoms with Crippen molar-refractivity contribution in [1.29, 1.82) is 0 Å². The quantitative estimate of drug-likeness (QED) is 0.863. The van der Waals surface area contributed by atoms with Crippen molar-refractivity contribution in [3.63, 3.8) is 0 Å². The largest absolute Gasteiger partial charge is 0.326 e. The van der Waals surface area contributed by atoms with Gasteiger partial charge in [0.05, 0.1) is 0 Å². The lowest BCUT2D eigenvalue weighted by Crippen LogP contribution is -2.39. The number of hydrogen-bond donors (Lipinski definition) is 2. The lowest BCUT2D eigenvalue weighted by atomic mass is 10.0. The maximum absolute atomic E-state index is 13.4. The van der Waals surface area contributed by atoms with Gasteiger partial charge in [-0.2, -0.15) is 0 Å². The number of benzene rings is 2. The smallest absolute Gasteiger partial charge is 0.322 e. The maximum Gasteiger partial charge on any atom is 0.322 e. The Labute approximate surface area is 157 Å². The summed E-state index contributed by atoms with van der Waals surface area (Å²) in [6, 6.07) is 12.1. The standard InChI is InChI=1S/C21H22FN3O2/c22-16-4-1-3-14(11-16)12-18-5-2-10-25(18)21(27)23-17-7-8-19-15(13-17)6-9-20(26)24-19/h1,3-4,7-8,11,13,18H,2,5-6,9-10,12H2,(H,23,27)(H,24,26)/t18-/m0/s1. The molecule has 0 spiro atoms. The van der Waals surface area contributed by atoms with Crippen LogP contribution >= 0.6 is 0 Å². The molecule has 2 heterocycles. The molecule has 3 amide bonds. The van der Waals surface area contributed by atoms with E-state index in [1.165, 1.54) is 12.1 Å². The van der Waals surface area contributed by atoms with Crippen LogP contribution in [-0.2, 0) is 17.6 Å². The number of rotatable bonds is 3. The Bertz CT molecular complexity index is 883.